The number of methoxy groups -OCH3 is 1. The molecule has 0 unspecified atom stereocenters. The zero-order valence-electron chi connectivity index (χ0n) is 15.3. The van der Waals surface area contributed by atoms with Crippen molar-refractivity contribution in [3.05, 3.63) is 78.1 Å². The van der Waals surface area contributed by atoms with E-state index in [0.29, 0.717) is 18.5 Å². The van der Waals surface area contributed by atoms with Gasteiger partial charge in [-0.3, -0.25) is 4.79 Å². The summed E-state index contributed by atoms with van der Waals surface area (Å²) in [6, 6.07) is 15.9. The number of alkyl halides is 2. The van der Waals surface area contributed by atoms with Crippen LogP contribution in [0.25, 0.3) is 5.69 Å². The van der Waals surface area contributed by atoms with Crippen LogP contribution in [-0.4, -0.2) is 30.7 Å². The van der Waals surface area contributed by atoms with E-state index in [4.69, 9.17) is 4.74 Å². The zero-order chi connectivity index (χ0) is 19.9. The normalized spacial score (nSPS) is 10.7. The maximum atomic E-state index is 12.5. The Bertz CT molecular complexity index is 910. The number of halogens is 2. The van der Waals surface area contributed by atoms with Gasteiger partial charge in [0.1, 0.15) is 0 Å². The number of nitrogens with one attached hydrogen (secondary N) is 1. The molecule has 2 aromatic carbocycles. The minimum Gasteiger partial charge on any atom is -0.493 e. The summed E-state index contributed by atoms with van der Waals surface area (Å²) in [5.41, 5.74) is 2.26. The second kappa shape index (κ2) is 9.03. The van der Waals surface area contributed by atoms with Crippen molar-refractivity contribution >= 4 is 5.91 Å². The third-order valence-corrected chi connectivity index (χ3v) is 4.18. The Kier molecular flexibility index (Phi) is 6.26. The van der Waals surface area contributed by atoms with Gasteiger partial charge in [0.2, 0.25) is 0 Å². The van der Waals surface area contributed by atoms with E-state index in [0.717, 1.165) is 11.3 Å². The van der Waals surface area contributed by atoms with Crippen LogP contribution in [0.15, 0.2) is 67.0 Å². The molecule has 28 heavy (non-hydrogen) atoms. The number of carbonyl (C=O) groups excluding carboxylic acids is 1. The standard InChI is InChI=1S/C21H20F2N2O3/c1-27-18-9-4-15(14-19(18)28-21(22)23)10-11-24-20(26)16-5-7-17(8-6-16)25-12-2-3-13-25/h2-9,12-14,21H,10-11H2,1H3,(H,24,26). The van der Waals surface area contributed by atoms with Crippen LogP contribution in [0.1, 0.15) is 15.9 Å². The van der Waals surface area contributed by atoms with Crippen molar-refractivity contribution in [2.45, 2.75) is 13.0 Å². The number of ether oxygens (including phenoxy) is 2. The third kappa shape index (κ3) is 4.88. The second-order valence-corrected chi connectivity index (χ2v) is 6.01. The second-order valence-electron chi connectivity index (χ2n) is 6.01. The fraction of sp³-hybridized carbons (Fsp3) is 0.190. The van der Waals surface area contributed by atoms with Gasteiger partial charge in [-0.15, -0.1) is 0 Å². The van der Waals surface area contributed by atoms with Crippen LogP contribution >= 0.6 is 0 Å². The van der Waals surface area contributed by atoms with Gasteiger partial charge in [0.25, 0.3) is 5.91 Å². The van der Waals surface area contributed by atoms with Gasteiger partial charge < -0.3 is 19.4 Å². The molecule has 7 heteroatoms. The maximum Gasteiger partial charge on any atom is 0.387 e. The molecular formula is C21H20F2N2O3. The number of benzene rings is 2. The first kappa shape index (κ1) is 19.4. The Labute approximate surface area is 161 Å². The molecule has 1 N–H and O–H groups in total. The average Bonchev–Trinajstić information content (AvgIpc) is 3.22. The first-order valence-corrected chi connectivity index (χ1v) is 8.70. The van der Waals surface area contributed by atoms with Crippen LogP contribution in [0.5, 0.6) is 11.5 Å². The van der Waals surface area contributed by atoms with Crippen molar-refractivity contribution in [1.29, 1.82) is 0 Å². The first-order valence-electron chi connectivity index (χ1n) is 8.70. The lowest BCUT2D eigenvalue weighted by atomic mass is 10.1. The Balaban J connectivity index is 1.56. The number of aromatic nitrogens is 1. The van der Waals surface area contributed by atoms with Gasteiger partial charge in [0.05, 0.1) is 7.11 Å². The fourth-order valence-electron chi connectivity index (χ4n) is 2.78. The first-order chi connectivity index (χ1) is 13.6. The molecule has 0 aliphatic carbocycles. The Hall–Kier alpha value is -3.35. The third-order valence-electron chi connectivity index (χ3n) is 4.18. The lowest BCUT2D eigenvalue weighted by Gasteiger charge is -2.12. The minimum atomic E-state index is -2.93. The number of rotatable bonds is 8. The number of carbonyl (C=O) groups is 1. The van der Waals surface area contributed by atoms with Crippen molar-refractivity contribution in [3.8, 4) is 17.2 Å². The lowest BCUT2D eigenvalue weighted by molar-refractivity contribution is -0.0512. The Morgan fingerprint density at radius 2 is 1.79 bits per heavy atom. The van der Waals surface area contributed by atoms with Gasteiger partial charge in [-0.2, -0.15) is 8.78 Å². The fourth-order valence-corrected chi connectivity index (χ4v) is 2.78. The van der Waals surface area contributed by atoms with Crippen molar-refractivity contribution in [2.24, 2.45) is 0 Å². The molecule has 1 heterocycles. The predicted molar refractivity (Wildman–Crippen MR) is 101 cm³/mol. The average molecular weight is 386 g/mol. The SMILES string of the molecule is COc1ccc(CCNC(=O)c2ccc(-n3cccc3)cc2)cc1OC(F)F. The van der Waals surface area contributed by atoms with Crippen LogP contribution in [0.4, 0.5) is 8.78 Å². The van der Waals surface area contributed by atoms with Crippen LogP contribution in [0, 0.1) is 0 Å². The summed E-state index contributed by atoms with van der Waals surface area (Å²) in [7, 11) is 1.38. The number of amides is 1. The van der Waals surface area contributed by atoms with E-state index in [-0.39, 0.29) is 17.4 Å². The summed E-state index contributed by atoms with van der Waals surface area (Å²) in [6.45, 7) is -2.57. The molecule has 146 valence electrons. The molecule has 3 aromatic rings. The molecule has 0 saturated heterocycles. The molecule has 1 amide bonds. The molecule has 0 spiro atoms. The van der Waals surface area contributed by atoms with Gasteiger partial charge in [-0.05, 0) is 60.5 Å². The molecule has 5 nitrogen and oxygen atoms in total. The van der Waals surface area contributed by atoms with Gasteiger partial charge in [-0.25, -0.2) is 0 Å². The minimum absolute atomic E-state index is 0.0260. The lowest BCUT2D eigenvalue weighted by Crippen LogP contribution is -2.25. The molecule has 3 rings (SSSR count). The number of hydrogen-bond acceptors (Lipinski definition) is 3. The highest BCUT2D eigenvalue weighted by molar-refractivity contribution is 5.94. The monoisotopic (exact) mass is 386 g/mol. The maximum absolute atomic E-state index is 12.5. The Morgan fingerprint density at radius 3 is 2.43 bits per heavy atom. The highest BCUT2D eigenvalue weighted by Gasteiger charge is 2.12. The Morgan fingerprint density at radius 1 is 1.07 bits per heavy atom. The summed E-state index contributed by atoms with van der Waals surface area (Å²) >= 11 is 0. The van der Waals surface area contributed by atoms with Gasteiger partial charge in [0, 0.05) is 30.2 Å². The summed E-state index contributed by atoms with van der Waals surface area (Å²) < 4.78 is 36.4. The topological polar surface area (TPSA) is 52.5 Å². The van der Waals surface area contributed by atoms with Crippen molar-refractivity contribution in [3.63, 3.8) is 0 Å². The van der Waals surface area contributed by atoms with E-state index in [1.165, 1.54) is 13.2 Å². The van der Waals surface area contributed by atoms with Crippen molar-refractivity contribution in [1.82, 2.24) is 9.88 Å². The zero-order valence-corrected chi connectivity index (χ0v) is 15.3. The molecular weight excluding hydrogens is 366 g/mol. The highest BCUT2D eigenvalue weighted by atomic mass is 19.3. The van der Waals surface area contributed by atoms with E-state index >= 15 is 0 Å². The summed E-state index contributed by atoms with van der Waals surface area (Å²) in [5.74, 6) is 0.00872. The van der Waals surface area contributed by atoms with Crippen LogP contribution in [-0.2, 0) is 6.42 Å². The van der Waals surface area contributed by atoms with E-state index in [2.05, 4.69) is 10.1 Å². The summed E-state index contributed by atoms with van der Waals surface area (Å²) in [6.07, 6.45) is 4.32. The van der Waals surface area contributed by atoms with E-state index in [1.54, 1.807) is 24.3 Å². The molecule has 0 aliphatic heterocycles. The molecule has 1 aromatic heterocycles. The quantitative estimate of drug-likeness (QED) is 0.635. The van der Waals surface area contributed by atoms with Gasteiger partial charge >= 0.3 is 6.61 Å². The molecule has 0 saturated carbocycles. The molecule has 0 atom stereocenters. The van der Waals surface area contributed by atoms with Crippen molar-refractivity contribution in [2.75, 3.05) is 13.7 Å². The number of nitrogens with zero attached hydrogens (tertiary/aromatic N) is 1. The molecule has 0 fully saturated rings. The smallest absolute Gasteiger partial charge is 0.387 e. The summed E-state index contributed by atoms with van der Waals surface area (Å²) in [4.78, 5) is 12.3. The molecule has 0 bridgehead atoms. The molecule has 0 aliphatic rings. The van der Waals surface area contributed by atoms with E-state index in [1.807, 2.05) is 41.2 Å². The predicted octanol–water partition coefficient (Wildman–Crippen LogP) is 4.06. The van der Waals surface area contributed by atoms with Gasteiger partial charge in [0.15, 0.2) is 11.5 Å². The number of hydrogen-bond donors (Lipinski definition) is 1. The van der Waals surface area contributed by atoms with Crippen LogP contribution in [0.2, 0.25) is 0 Å². The van der Waals surface area contributed by atoms with E-state index < -0.39 is 6.61 Å². The van der Waals surface area contributed by atoms with Crippen LogP contribution < -0.4 is 14.8 Å². The molecule has 0 radical (unpaired) electrons. The largest absolute Gasteiger partial charge is 0.493 e. The summed E-state index contributed by atoms with van der Waals surface area (Å²) in [5, 5.41) is 2.82. The van der Waals surface area contributed by atoms with Crippen LogP contribution in [0.3, 0.4) is 0 Å². The van der Waals surface area contributed by atoms with Gasteiger partial charge in [-0.1, -0.05) is 6.07 Å². The van der Waals surface area contributed by atoms with Crippen molar-refractivity contribution < 1.29 is 23.0 Å². The highest BCUT2D eigenvalue weighted by Crippen LogP contribution is 2.29. The van der Waals surface area contributed by atoms with E-state index in [9.17, 15) is 13.6 Å².